The van der Waals surface area contributed by atoms with Gasteiger partial charge in [0.05, 0.1) is 0 Å². The van der Waals surface area contributed by atoms with E-state index in [1.807, 2.05) is 0 Å². The van der Waals surface area contributed by atoms with E-state index in [-0.39, 0.29) is 0 Å². The lowest BCUT2D eigenvalue weighted by Crippen LogP contribution is -2.49. The molecule has 1 unspecified atom stereocenters. The minimum atomic E-state index is 0.478. The monoisotopic (exact) mass is 285 g/mol. The summed E-state index contributed by atoms with van der Waals surface area (Å²) in [6.45, 7) is 9.47. The van der Waals surface area contributed by atoms with E-state index >= 15 is 0 Å². The lowest BCUT2D eigenvalue weighted by Gasteiger charge is -2.30. The van der Waals surface area contributed by atoms with Gasteiger partial charge in [-0.05, 0) is 18.4 Å². The average molecular weight is 285 g/mol. The van der Waals surface area contributed by atoms with Gasteiger partial charge in [-0.15, -0.1) is 5.10 Å². The first-order chi connectivity index (χ1) is 10.1. The van der Waals surface area contributed by atoms with Gasteiger partial charge in [0.2, 0.25) is 5.95 Å². The van der Waals surface area contributed by atoms with Gasteiger partial charge in [-0.3, -0.25) is 5.10 Å². The first-order valence-corrected chi connectivity index (χ1v) is 7.64. The van der Waals surface area contributed by atoms with Crippen LogP contribution in [0, 0.1) is 0 Å². The highest BCUT2D eigenvalue weighted by molar-refractivity contribution is 5.57. The molecule has 1 atom stereocenters. The van der Waals surface area contributed by atoms with E-state index in [4.69, 9.17) is 0 Å². The predicted molar refractivity (Wildman–Crippen MR) is 85.6 cm³/mol. The Morgan fingerprint density at radius 3 is 2.67 bits per heavy atom. The van der Waals surface area contributed by atoms with Crippen molar-refractivity contribution in [1.29, 1.82) is 0 Å². The summed E-state index contributed by atoms with van der Waals surface area (Å²) in [5.41, 5.74) is 2.43. The average Bonchev–Trinajstić information content (AvgIpc) is 2.97. The van der Waals surface area contributed by atoms with Crippen molar-refractivity contribution in [3.05, 3.63) is 29.8 Å². The molecular formula is C16H23N5. The first kappa shape index (κ1) is 14.1. The Labute approximate surface area is 125 Å². The van der Waals surface area contributed by atoms with Crippen molar-refractivity contribution in [1.82, 2.24) is 20.5 Å². The molecule has 1 aliphatic rings. The summed E-state index contributed by atoms with van der Waals surface area (Å²) in [5, 5.41) is 10.9. The number of hydrogen-bond donors (Lipinski definition) is 2. The molecule has 0 amide bonds. The van der Waals surface area contributed by atoms with Gasteiger partial charge in [0.25, 0.3) is 0 Å². The van der Waals surface area contributed by atoms with Crippen molar-refractivity contribution in [2.75, 3.05) is 24.5 Å². The molecule has 1 saturated heterocycles. The predicted octanol–water partition coefficient (Wildman–Crippen LogP) is 2.39. The van der Waals surface area contributed by atoms with E-state index in [0.717, 1.165) is 37.0 Å². The maximum atomic E-state index is 4.64. The fourth-order valence-electron chi connectivity index (χ4n) is 2.66. The van der Waals surface area contributed by atoms with Gasteiger partial charge >= 0.3 is 0 Å². The Morgan fingerprint density at radius 1 is 1.24 bits per heavy atom. The zero-order valence-electron chi connectivity index (χ0n) is 12.9. The van der Waals surface area contributed by atoms with Crippen LogP contribution in [0.5, 0.6) is 0 Å². The van der Waals surface area contributed by atoms with Crippen molar-refractivity contribution in [2.45, 2.75) is 32.7 Å². The lowest BCUT2D eigenvalue weighted by molar-refractivity contribution is 0.480. The molecular weight excluding hydrogens is 262 g/mol. The summed E-state index contributed by atoms with van der Waals surface area (Å²) in [6, 6.07) is 9.02. The number of piperazine rings is 1. The maximum absolute atomic E-state index is 4.64. The summed E-state index contributed by atoms with van der Waals surface area (Å²) in [6.07, 6.45) is 0. The van der Waals surface area contributed by atoms with Crippen LogP contribution in [0.4, 0.5) is 5.95 Å². The summed E-state index contributed by atoms with van der Waals surface area (Å²) in [7, 11) is 0. The number of aromatic nitrogens is 3. The summed E-state index contributed by atoms with van der Waals surface area (Å²) in [4.78, 5) is 6.87. The van der Waals surface area contributed by atoms with E-state index in [1.54, 1.807) is 0 Å². The molecule has 112 valence electrons. The van der Waals surface area contributed by atoms with Crippen LogP contribution >= 0.6 is 0 Å². The second-order valence-electron chi connectivity index (χ2n) is 6.06. The Balaban J connectivity index is 1.78. The Bertz CT molecular complexity index is 587. The topological polar surface area (TPSA) is 56.8 Å². The van der Waals surface area contributed by atoms with E-state index in [1.165, 1.54) is 5.56 Å². The molecule has 2 N–H and O–H groups in total. The SMILES string of the molecule is CC1CN(c2n[nH]c(-c3ccc(C(C)C)cc3)n2)CCN1. The van der Waals surface area contributed by atoms with Crippen molar-refractivity contribution in [3.8, 4) is 11.4 Å². The molecule has 1 aliphatic heterocycles. The third-order valence-electron chi connectivity index (χ3n) is 3.98. The van der Waals surface area contributed by atoms with Crippen LogP contribution in [0.2, 0.25) is 0 Å². The van der Waals surface area contributed by atoms with Gasteiger partial charge in [-0.2, -0.15) is 4.98 Å². The smallest absolute Gasteiger partial charge is 0.245 e. The molecule has 3 rings (SSSR count). The molecule has 1 aromatic heterocycles. The number of nitrogens with one attached hydrogen (secondary N) is 2. The molecule has 2 heterocycles. The Morgan fingerprint density at radius 2 is 2.00 bits per heavy atom. The van der Waals surface area contributed by atoms with Gasteiger partial charge in [-0.1, -0.05) is 38.1 Å². The quantitative estimate of drug-likeness (QED) is 0.909. The van der Waals surface area contributed by atoms with E-state index in [2.05, 4.69) is 70.4 Å². The third-order valence-corrected chi connectivity index (χ3v) is 3.98. The Kier molecular flexibility index (Phi) is 3.92. The number of rotatable bonds is 3. The number of H-pyrrole nitrogens is 1. The number of hydrogen-bond acceptors (Lipinski definition) is 4. The number of anilines is 1. The molecule has 5 nitrogen and oxygen atoms in total. The van der Waals surface area contributed by atoms with E-state index < -0.39 is 0 Å². The summed E-state index contributed by atoms with van der Waals surface area (Å²) >= 11 is 0. The molecule has 1 aromatic carbocycles. The van der Waals surface area contributed by atoms with Crippen molar-refractivity contribution >= 4 is 5.95 Å². The van der Waals surface area contributed by atoms with Crippen LogP contribution in [-0.2, 0) is 0 Å². The fraction of sp³-hybridized carbons (Fsp3) is 0.500. The molecule has 0 saturated carbocycles. The van der Waals surface area contributed by atoms with E-state index in [9.17, 15) is 0 Å². The molecule has 5 heteroatoms. The van der Waals surface area contributed by atoms with Gasteiger partial charge < -0.3 is 10.2 Å². The standard InChI is InChI=1S/C16H23N5/c1-11(2)13-4-6-14(7-5-13)15-18-16(20-19-15)21-9-8-17-12(3)10-21/h4-7,11-12,17H,8-10H2,1-3H3,(H,18,19,20). The number of benzene rings is 1. The summed E-state index contributed by atoms with van der Waals surface area (Å²) in [5.74, 6) is 2.18. The van der Waals surface area contributed by atoms with Crippen LogP contribution in [0.15, 0.2) is 24.3 Å². The summed E-state index contributed by atoms with van der Waals surface area (Å²) < 4.78 is 0. The van der Waals surface area contributed by atoms with Crippen molar-refractivity contribution in [2.24, 2.45) is 0 Å². The zero-order chi connectivity index (χ0) is 14.8. The van der Waals surface area contributed by atoms with Gasteiger partial charge in [0, 0.05) is 31.2 Å². The molecule has 0 radical (unpaired) electrons. The normalized spacial score (nSPS) is 19.2. The van der Waals surface area contributed by atoms with Crippen molar-refractivity contribution < 1.29 is 0 Å². The lowest BCUT2D eigenvalue weighted by atomic mass is 10.0. The zero-order valence-corrected chi connectivity index (χ0v) is 12.9. The molecule has 0 bridgehead atoms. The highest BCUT2D eigenvalue weighted by atomic mass is 15.4. The highest BCUT2D eigenvalue weighted by Gasteiger charge is 2.19. The number of nitrogens with zero attached hydrogens (tertiary/aromatic N) is 3. The van der Waals surface area contributed by atoms with Crippen LogP contribution in [-0.4, -0.2) is 40.9 Å². The molecule has 0 spiro atoms. The minimum Gasteiger partial charge on any atom is -0.337 e. The highest BCUT2D eigenvalue weighted by Crippen LogP contribution is 2.21. The second kappa shape index (κ2) is 5.85. The van der Waals surface area contributed by atoms with Crippen molar-refractivity contribution in [3.63, 3.8) is 0 Å². The van der Waals surface area contributed by atoms with Crippen LogP contribution < -0.4 is 10.2 Å². The van der Waals surface area contributed by atoms with Crippen LogP contribution in [0.3, 0.4) is 0 Å². The number of aromatic amines is 1. The minimum absolute atomic E-state index is 0.478. The molecule has 2 aromatic rings. The van der Waals surface area contributed by atoms with Gasteiger partial charge in [-0.25, -0.2) is 0 Å². The van der Waals surface area contributed by atoms with Crippen LogP contribution in [0.25, 0.3) is 11.4 Å². The second-order valence-corrected chi connectivity index (χ2v) is 6.06. The van der Waals surface area contributed by atoms with Gasteiger partial charge in [0.1, 0.15) is 0 Å². The first-order valence-electron chi connectivity index (χ1n) is 7.64. The Hall–Kier alpha value is -1.88. The molecule has 0 aliphatic carbocycles. The molecule has 1 fully saturated rings. The maximum Gasteiger partial charge on any atom is 0.245 e. The van der Waals surface area contributed by atoms with Crippen LogP contribution in [0.1, 0.15) is 32.3 Å². The van der Waals surface area contributed by atoms with Gasteiger partial charge in [0.15, 0.2) is 5.82 Å². The largest absolute Gasteiger partial charge is 0.337 e. The van der Waals surface area contributed by atoms with E-state index in [0.29, 0.717) is 12.0 Å². The fourth-order valence-corrected chi connectivity index (χ4v) is 2.66. The third kappa shape index (κ3) is 3.08. The molecule has 21 heavy (non-hydrogen) atoms.